The van der Waals surface area contributed by atoms with E-state index in [0.29, 0.717) is 0 Å². The summed E-state index contributed by atoms with van der Waals surface area (Å²) in [6.07, 6.45) is 0. The van der Waals surface area contributed by atoms with Crippen LogP contribution in [0.5, 0.6) is 11.5 Å². The van der Waals surface area contributed by atoms with E-state index in [4.69, 9.17) is 9.47 Å². The molecule has 0 bridgehead atoms. The van der Waals surface area contributed by atoms with E-state index in [2.05, 4.69) is 17.1 Å². The number of ether oxygens (including phenoxy) is 2. The van der Waals surface area contributed by atoms with E-state index in [0.717, 1.165) is 36.8 Å². The van der Waals surface area contributed by atoms with E-state index in [1.807, 2.05) is 12.1 Å². The maximum atomic E-state index is 5.32. The molecule has 1 aromatic carbocycles. The van der Waals surface area contributed by atoms with E-state index in [1.165, 1.54) is 5.69 Å². The van der Waals surface area contributed by atoms with Gasteiger partial charge < -0.3 is 19.7 Å². The quantitative estimate of drug-likeness (QED) is 0.847. The van der Waals surface area contributed by atoms with Crippen molar-refractivity contribution in [2.75, 3.05) is 44.1 Å². The second-order valence-corrected chi connectivity index (χ2v) is 3.73. The van der Waals surface area contributed by atoms with Crippen molar-refractivity contribution in [3.8, 4) is 11.5 Å². The van der Waals surface area contributed by atoms with Gasteiger partial charge in [-0.3, -0.25) is 0 Å². The Labute approximate surface area is 96.2 Å². The molecule has 1 N–H and O–H groups in total. The average molecular weight is 222 g/mol. The van der Waals surface area contributed by atoms with Gasteiger partial charge in [0.2, 0.25) is 0 Å². The molecule has 0 aromatic heterocycles. The molecule has 16 heavy (non-hydrogen) atoms. The Bertz CT molecular complexity index is 380. The summed E-state index contributed by atoms with van der Waals surface area (Å²) in [4.78, 5) is 2.33. The lowest BCUT2D eigenvalue weighted by atomic mass is 10.1. The molecule has 0 saturated carbocycles. The third-order valence-electron chi connectivity index (χ3n) is 2.92. The molecule has 0 unspecified atom stereocenters. The molecule has 88 valence electrons. The molecule has 0 aliphatic carbocycles. The lowest BCUT2D eigenvalue weighted by Gasteiger charge is -2.31. The summed E-state index contributed by atoms with van der Waals surface area (Å²) < 4.78 is 10.6. The minimum Gasteiger partial charge on any atom is -0.493 e. The smallest absolute Gasteiger partial charge is 0.162 e. The van der Waals surface area contributed by atoms with Crippen LogP contribution in [0.3, 0.4) is 0 Å². The molecule has 4 nitrogen and oxygen atoms in total. The first kappa shape index (κ1) is 10.9. The van der Waals surface area contributed by atoms with Crippen LogP contribution in [-0.4, -0.2) is 33.9 Å². The summed E-state index contributed by atoms with van der Waals surface area (Å²) in [5, 5.41) is 3.38. The topological polar surface area (TPSA) is 33.7 Å². The lowest BCUT2D eigenvalue weighted by molar-refractivity contribution is 0.355. The van der Waals surface area contributed by atoms with Crippen LogP contribution >= 0.6 is 0 Å². The number of benzene rings is 1. The highest BCUT2D eigenvalue weighted by atomic mass is 16.5. The first-order valence-electron chi connectivity index (χ1n) is 5.55. The van der Waals surface area contributed by atoms with Gasteiger partial charge in [0.05, 0.1) is 25.6 Å². The monoisotopic (exact) mass is 222 g/mol. The van der Waals surface area contributed by atoms with Crippen LogP contribution in [0.4, 0.5) is 11.4 Å². The van der Waals surface area contributed by atoms with E-state index < -0.39 is 0 Å². The predicted octanol–water partition coefficient (Wildman–Crippen LogP) is 1.96. The second kappa shape index (κ2) is 4.51. The Kier molecular flexibility index (Phi) is 3.08. The fraction of sp³-hybridized carbons (Fsp3) is 0.500. The summed E-state index contributed by atoms with van der Waals surface area (Å²) in [7, 11) is 3.32. The molecule has 1 aliphatic rings. The zero-order chi connectivity index (χ0) is 11.5. The molecule has 0 spiro atoms. The number of methoxy groups -OCH3 is 2. The van der Waals surface area contributed by atoms with Gasteiger partial charge in [0.15, 0.2) is 11.5 Å². The van der Waals surface area contributed by atoms with E-state index in [9.17, 15) is 0 Å². The molecule has 1 aliphatic heterocycles. The zero-order valence-corrected chi connectivity index (χ0v) is 10.0. The third kappa shape index (κ3) is 1.75. The Hall–Kier alpha value is -1.58. The lowest BCUT2D eigenvalue weighted by Crippen LogP contribution is -2.33. The van der Waals surface area contributed by atoms with Crippen LogP contribution in [-0.2, 0) is 0 Å². The predicted molar refractivity (Wildman–Crippen MR) is 65.9 cm³/mol. The first-order valence-corrected chi connectivity index (χ1v) is 5.55. The Morgan fingerprint density at radius 1 is 1.25 bits per heavy atom. The van der Waals surface area contributed by atoms with Crippen LogP contribution in [0.15, 0.2) is 12.1 Å². The Morgan fingerprint density at radius 2 is 1.94 bits per heavy atom. The van der Waals surface area contributed by atoms with E-state index in [1.54, 1.807) is 14.2 Å². The Balaban J connectivity index is 2.46. The van der Waals surface area contributed by atoms with Crippen molar-refractivity contribution >= 4 is 11.4 Å². The van der Waals surface area contributed by atoms with Crippen molar-refractivity contribution in [3.63, 3.8) is 0 Å². The van der Waals surface area contributed by atoms with Crippen molar-refractivity contribution in [3.05, 3.63) is 12.1 Å². The van der Waals surface area contributed by atoms with Gasteiger partial charge in [-0.25, -0.2) is 0 Å². The van der Waals surface area contributed by atoms with E-state index >= 15 is 0 Å². The summed E-state index contributed by atoms with van der Waals surface area (Å²) >= 11 is 0. The van der Waals surface area contributed by atoms with Crippen LogP contribution in [0.2, 0.25) is 0 Å². The molecule has 2 rings (SSSR count). The maximum absolute atomic E-state index is 5.32. The van der Waals surface area contributed by atoms with Gasteiger partial charge in [0.25, 0.3) is 0 Å². The minimum absolute atomic E-state index is 0.770. The SMILES string of the molecule is CCN1CCNc2cc(OC)c(OC)cc21. The fourth-order valence-corrected chi connectivity index (χ4v) is 2.05. The highest BCUT2D eigenvalue weighted by molar-refractivity contribution is 5.76. The molecule has 0 amide bonds. The molecule has 1 heterocycles. The summed E-state index contributed by atoms with van der Waals surface area (Å²) in [5.74, 6) is 1.55. The zero-order valence-electron chi connectivity index (χ0n) is 10.0. The standard InChI is InChI=1S/C12H18N2O2/c1-4-14-6-5-13-9-7-11(15-2)12(16-3)8-10(9)14/h7-8,13H,4-6H2,1-3H3. The summed E-state index contributed by atoms with van der Waals surface area (Å²) in [6, 6.07) is 4.03. The first-order chi connectivity index (χ1) is 7.80. The van der Waals surface area contributed by atoms with Gasteiger partial charge in [0.1, 0.15) is 0 Å². The third-order valence-corrected chi connectivity index (χ3v) is 2.92. The summed E-state index contributed by atoms with van der Waals surface area (Å²) in [5.41, 5.74) is 2.30. The number of rotatable bonds is 3. The number of anilines is 2. The largest absolute Gasteiger partial charge is 0.493 e. The number of likely N-dealkylation sites (N-methyl/N-ethyl adjacent to an activating group) is 1. The molecule has 4 heteroatoms. The molecule has 0 radical (unpaired) electrons. The van der Waals surface area contributed by atoms with Gasteiger partial charge in [-0.05, 0) is 6.92 Å². The van der Waals surface area contributed by atoms with Crippen LogP contribution in [0, 0.1) is 0 Å². The number of hydrogen-bond acceptors (Lipinski definition) is 4. The van der Waals surface area contributed by atoms with Crippen molar-refractivity contribution < 1.29 is 9.47 Å². The number of hydrogen-bond donors (Lipinski definition) is 1. The van der Waals surface area contributed by atoms with Crippen molar-refractivity contribution in [1.82, 2.24) is 0 Å². The average Bonchev–Trinajstić information content (AvgIpc) is 2.36. The van der Waals surface area contributed by atoms with Crippen molar-refractivity contribution in [1.29, 1.82) is 0 Å². The Morgan fingerprint density at radius 3 is 2.56 bits per heavy atom. The fourth-order valence-electron chi connectivity index (χ4n) is 2.05. The van der Waals surface area contributed by atoms with Crippen molar-refractivity contribution in [2.24, 2.45) is 0 Å². The molecule has 0 atom stereocenters. The summed E-state index contributed by atoms with van der Waals surface area (Å²) in [6.45, 7) is 5.16. The highest BCUT2D eigenvalue weighted by Gasteiger charge is 2.18. The number of fused-ring (bicyclic) bond motifs is 1. The molecule has 0 fully saturated rings. The number of nitrogens with zero attached hydrogens (tertiary/aromatic N) is 1. The number of nitrogens with one attached hydrogen (secondary N) is 1. The second-order valence-electron chi connectivity index (χ2n) is 3.73. The minimum atomic E-state index is 0.770. The van der Waals surface area contributed by atoms with Gasteiger partial charge in [0, 0.05) is 31.8 Å². The van der Waals surface area contributed by atoms with Crippen LogP contribution in [0.25, 0.3) is 0 Å². The molecule has 1 aromatic rings. The van der Waals surface area contributed by atoms with E-state index in [-0.39, 0.29) is 0 Å². The van der Waals surface area contributed by atoms with Gasteiger partial charge in [-0.1, -0.05) is 0 Å². The van der Waals surface area contributed by atoms with Crippen molar-refractivity contribution in [2.45, 2.75) is 6.92 Å². The molecular weight excluding hydrogens is 204 g/mol. The van der Waals surface area contributed by atoms with Gasteiger partial charge >= 0.3 is 0 Å². The van der Waals surface area contributed by atoms with Crippen LogP contribution in [0.1, 0.15) is 6.92 Å². The van der Waals surface area contributed by atoms with Gasteiger partial charge in [-0.2, -0.15) is 0 Å². The normalized spacial score (nSPS) is 14.1. The van der Waals surface area contributed by atoms with Crippen LogP contribution < -0.4 is 19.7 Å². The maximum Gasteiger partial charge on any atom is 0.162 e. The highest BCUT2D eigenvalue weighted by Crippen LogP contribution is 2.39. The molecular formula is C12H18N2O2. The molecule has 0 saturated heterocycles. The van der Waals surface area contributed by atoms with Gasteiger partial charge in [-0.15, -0.1) is 0 Å².